The smallest absolute Gasteiger partial charge is 0.00347 e. The van der Waals surface area contributed by atoms with Crippen molar-refractivity contribution in [1.29, 1.82) is 0 Å². The molecule has 0 amide bonds. The van der Waals surface area contributed by atoms with Crippen molar-refractivity contribution < 1.29 is 0 Å². The second-order valence-electron chi connectivity index (χ2n) is 4.12. The molecule has 0 bridgehead atoms. The van der Waals surface area contributed by atoms with Crippen LogP contribution < -0.4 is 0 Å². The van der Waals surface area contributed by atoms with E-state index in [-0.39, 0.29) is 0 Å². The summed E-state index contributed by atoms with van der Waals surface area (Å²) in [5.41, 5.74) is 0.625. The lowest BCUT2D eigenvalue weighted by atomic mass is 9.86. The third kappa shape index (κ3) is 4.70. The van der Waals surface area contributed by atoms with E-state index in [0.29, 0.717) is 5.41 Å². The topological polar surface area (TPSA) is 0 Å². The SMILES string of the molecule is CC(C)CC(C)(C)C[SiH3]. The van der Waals surface area contributed by atoms with Crippen molar-refractivity contribution in [2.45, 2.75) is 40.2 Å². The summed E-state index contributed by atoms with van der Waals surface area (Å²) < 4.78 is 0. The van der Waals surface area contributed by atoms with Gasteiger partial charge in [-0.2, -0.15) is 0 Å². The van der Waals surface area contributed by atoms with Crippen LogP contribution in [0.3, 0.4) is 0 Å². The van der Waals surface area contributed by atoms with Gasteiger partial charge in [-0.25, -0.2) is 0 Å². The van der Waals surface area contributed by atoms with Crippen LogP contribution in [-0.2, 0) is 0 Å². The van der Waals surface area contributed by atoms with E-state index in [9.17, 15) is 0 Å². The molecular formula is C8H20Si. The first-order valence-corrected chi connectivity index (χ1v) is 5.39. The van der Waals surface area contributed by atoms with Crippen LogP contribution >= 0.6 is 0 Å². The minimum Gasteiger partial charge on any atom is -0.0628 e. The quantitative estimate of drug-likeness (QED) is 0.530. The van der Waals surface area contributed by atoms with Gasteiger partial charge < -0.3 is 0 Å². The second-order valence-corrected chi connectivity index (χ2v) is 4.82. The van der Waals surface area contributed by atoms with Crippen molar-refractivity contribution in [2.24, 2.45) is 11.3 Å². The average molecular weight is 144 g/mol. The van der Waals surface area contributed by atoms with Crippen LogP contribution in [0.5, 0.6) is 0 Å². The summed E-state index contributed by atoms with van der Waals surface area (Å²) >= 11 is 0. The van der Waals surface area contributed by atoms with Gasteiger partial charge in [0, 0.05) is 10.2 Å². The first kappa shape index (κ1) is 9.22. The average Bonchev–Trinajstić information content (AvgIpc) is 1.63. The van der Waals surface area contributed by atoms with Crippen LogP contribution in [0.2, 0.25) is 6.04 Å². The first-order valence-electron chi connectivity index (χ1n) is 3.98. The van der Waals surface area contributed by atoms with Crippen LogP contribution in [-0.4, -0.2) is 10.2 Å². The Hall–Kier alpha value is 0.217. The Kier molecular flexibility index (Phi) is 3.48. The van der Waals surface area contributed by atoms with Crippen molar-refractivity contribution in [3.63, 3.8) is 0 Å². The molecule has 0 aromatic rings. The summed E-state index contributed by atoms with van der Waals surface area (Å²) in [4.78, 5) is 0. The molecule has 0 atom stereocenters. The van der Waals surface area contributed by atoms with Gasteiger partial charge in [0.25, 0.3) is 0 Å². The van der Waals surface area contributed by atoms with E-state index >= 15 is 0 Å². The van der Waals surface area contributed by atoms with Crippen LogP contribution in [0.25, 0.3) is 0 Å². The Labute approximate surface area is 62.5 Å². The molecule has 0 saturated heterocycles. The molecule has 0 aliphatic carbocycles. The Morgan fingerprint density at radius 1 is 1.33 bits per heavy atom. The summed E-state index contributed by atoms with van der Waals surface area (Å²) in [6, 6.07) is 1.44. The Balaban J connectivity index is 3.58. The third-order valence-electron chi connectivity index (χ3n) is 1.92. The van der Waals surface area contributed by atoms with E-state index in [0.717, 1.165) is 5.92 Å². The van der Waals surface area contributed by atoms with Crippen LogP contribution in [0.15, 0.2) is 0 Å². The van der Waals surface area contributed by atoms with Gasteiger partial charge in [0.2, 0.25) is 0 Å². The molecule has 0 heterocycles. The van der Waals surface area contributed by atoms with Crippen molar-refractivity contribution in [3.8, 4) is 0 Å². The molecule has 0 radical (unpaired) electrons. The van der Waals surface area contributed by atoms with Gasteiger partial charge in [-0.15, -0.1) is 0 Å². The van der Waals surface area contributed by atoms with Crippen molar-refractivity contribution in [3.05, 3.63) is 0 Å². The Morgan fingerprint density at radius 3 is 1.89 bits per heavy atom. The molecule has 0 saturated carbocycles. The lowest BCUT2D eigenvalue weighted by molar-refractivity contribution is 0.321. The van der Waals surface area contributed by atoms with Gasteiger partial charge in [-0.3, -0.25) is 0 Å². The molecule has 0 aromatic heterocycles. The van der Waals surface area contributed by atoms with Crippen LogP contribution in [0.1, 0.15) is 34.1 Å². The van der Waals surface area contributed by atoms with Crippen molar-refractivity contribution in [1.82, 2.24) is 0 Å². The molecule has 0 aromatic carbocycles. The minimum atomic E-state index is 0.625. The standard InChI is InChI=1S/C8H20Si/c1-7(2)5-8(3,4)6-9/h7H,5-6H2,1-4,9H3. The highest BCUT2D eigenvalue weighted by Gasteiger charge is 2.15. The fourth-order valence-electron chi connectivity index (χ4n) is 1.25. The van der Waals surface area contributed by atoms with E-state index in [4.69, 9.17) is 0 Å². The second kappa shape index (κ2) is 3.40. The van der Waals surface area contributed by atoms with Gasteiger partial charge in [-0.05, 0) is 17.8 Å². The summed E-state index contributed by atoms with van der Waals surface area (Å²) in [6.07, 6.45) is 1.39. The predicted octanol–water partition coefficient (Wildman–Crippen LogP) is 1.84. The highest BCUT2D eigenvalue weighted by molar-refractivity contribution is 6.08. The van der Waals surface area contributed by atoms with E-state index in [2.05, 4.69) is 27.7 Å². The van der Waals surface area contributed by atoms with Crippen molar-refractivity contribution in [2.75, 3.05) is 0 Å². The predicted molar refractivity (Wildman–Crippen MR) is 48.0 cm³/mol. The zero-order valence-electron chi connectivity index (χ0n) is 7.49. The van der Waals surface area contributed by atoms with Gasteiger partial charge >= 0.3 is 0 Å². The van der Waals surface area contributed by atoms with E-state index in [1.165, 1.54) is 22.7 Å². The number of rotatable bonds is 3. The largest absolute Gasteiger partial charge is 0.0628 e. The molecule has 0 aliphatic rings. The first-order chi connectivity index (χ1) is 3.98. The van der Waals surface area contributed by atoms with Gasteiger partial charge in [0.05, 0.1) is 0 Å². The summed E-state index contributed by atoms with van der Waals surface area (Å²) in [6.45, 7) is 9.36. The molecule has 1 heteroatoms. The van der Waals surface area contributed by atoms with Gasteiger partial charge in [0.1, 0.15) is 0 Å². The fraction of sp³-hybridized carbons (Fsp3) is 1.00. The maximum absolute atomic E-state index is 2.38. The minimum absolute atomic E-state index is 0.625. The number of hydrogen-bond donors (Lipinski definition) is 0. The monoisotopic (exact) mass is 144 g/mol. The number of hydrogen-bond acceptors (Lipinski definition) is 0. The lowest BCUT2D eigenvalue weighted by Crippen LogP contribution is -2.13. The molecule has 0 unspecified atom stereocenters. The highest BCUT2D eigenvalue weighted by Crippen LogP contribution is 2.27. The zero-order chi connectivity index (χ0) is 7.49. The summed E-state index contributed by atoms with van der Waals surface area (Å²) in [5.74, 6) is 0.869. The molecular weight excluding hydrogens is 124 g/mol. The fourth-order valence-corrected chi connectivity index (χ4v) is 1.54. The molecule has 0 spiro atoms. The molecule has 0 N–H and O–H groups in total. The van der Waals surface area contributed by atoms with Gasteiger partial charge in [-0.1, -0.05) is 33.7 Å². The molecule has 0 rings (SSSR count). The molecule has 0 fully saturated rings. The Morgan fingerprint density at radius 2 is 1.78 bits per heavy atom. The summed E-state index contributed by atoms with van der Waals surface area (Å²) in [7, 11) is 1.35. The molecule has 0 aliphatic heterocycles. The molecule has 0 nitrogen and oxygen atoms in total. The normalized spacial score (nSPS) is 13.0. The van der Waals surface area contributed by atoms with Crippen LogP contribution in [0.4, 0.5) is 0 Å². The van der Waals surface area contributed by atoms with Crippen LogP contribution in [0, 0.1) is 11.3 Å². The van der Waals surface area contributed by atoms with E-state index in [1.54, 1.807) is 0 Å². The maximum Gasteiger partial charge on any atom is 0.00347 e. The zero-order valence-corrected chi connectivity index (χ0v) is 9.49. The van der Waals surface area contributed by atoms with E-state index < -0.39 is 0 Å². The highest BCUT2D eigenvalue weighted by atomic mass is 28.1. The van der Waals surface area contributed by atoms with E-state index in [1.807, 2.05) is 0 Å². The lowest BCUT2D eigenvalue weighted by Gasteiger charge is -2.24. The Bertz CT molecular complexity index is 74.6. The maximum atomic E-state index is 2.38. The molecule has 9 heavy (non-hydrogen) atoms. The van der Waals surface area contributed by atoms with Crippen molar-refractivity contribution >= 4 is 10.2 Å². The third-order valence-corrected chi connectivity index (χ3v) is 3.83. The summed E-state index contributed by atoms with van der Waals surface area (Å²) in [5, 5.41) is 0. The molecule has 56 valence electrons. The van der Waals surface area contributed by atoms with Gasteiger partial charge in [0.15, 0.2) is 0 Å².